The van der Waals surface area contributed by atoms with Gasteiger partial charge in [0, 0.05) is 4.88 Å². The number of thiophene rings is 1. The molecule has 2 aromatic carbocycles. The van der Waals surface area contributed by atoms with Crippen LogP contribution in [0.4, 0.5) is 5.00 Å². The second-order valence-corrected chi connectivity index (χ2v) is 8.00. The zero-order chi connectivity index (χ0) is 23.1. The molecule has 0 unspecified atom stereocenters. The first-order valence-electron chi connectivity index (χ1n) is 9.96. The maximum absolute atomic E-state index is 12.4. The molecule has 0 bridgehead atoms. The van der Waals surface area contributed by atoms with Crippen LogP contribution in [-0.2, 0) is 14.3 Å². The summed E-state index contributed by atoms with van der Waals surface area (Å²) in [6, 6.07) is 15.7. The number of benzene rings is 2. The first kappa shape index (κ1) is 23.0. The van der Waals surface area contributed by atoms with Gasteiger partial charge in [-0.25, -0.2) is 9.59 Å². The minimum Gasteiger partial charge on any atom is -0.462 e. The standard InChI is InChI=1S/C24H23NO6S/c1-4-29-24(28)21-15(2)16(3)32-22(21)25-20(26)14-30-23(27)17-9-8-12-19(13-17)31-18-10-6-5-7-11-18/h5-13H,4,14H2,1-3H3,(H,25,26). The summed E-state index contributed by atoms with van der Waals surface area (Å²) in [7, 11) is 0. The van der Waals surface area contributed by atoms with E-state index in [9.17, 15) is 14.4 Å². The van der Waals surface area contributed by atoms with E-state index in [0.29, 0.717) is 22.1 Å². The van der Waals surface area contributed by atoms with Crippen LogP contribution in [0.25, 0.3) is 0 Å². The van der Waals surface area contributed by atoms with E-state index in [0.717, 1.165) is 10.4 Å². The molecule has 1 amide bonds. The minimum absolute atomic E-state index is 0.227. The number of ether oxygens (including phenoxy) is 3. The number of carbonyl (C=O) groups is 3. The number of aryl methyl sites for hydroxylation is 1. The van der Waals surface area contributed by atoms with E-state index in [1.165, 1.54) is 17.4 Å². The van der Waals surface area contributed by atoms with E-state index in [4.69, 9.17) is 14.2 Å². The molecule has 3 rings (SSSR count). The number of anilines is 1. The lowest BCUT2D eigenvalue weighted by molar-refractivity contribution is -0.119. The average molecular weight is 454 g/mol. The van der Waals surface area contributed by atoms with Crippen LogP contribution in [-0.4, -0.2) is 31.1 Å². The van der Waals surface area contributed by atoms with Gasteiger partial charge >= 0.3 is 11.9 Å². The lowest BCUT2D eigenvalue weighted by atomic mass is 10.1. The fourth-order valence-electron chi connectivity index (χ4n) is 2.85. The smallest absolute Gasteiger partial charge is 0.341 e. The van der Waals surface area contributed by atoms with E-state index in [1.54, 1.807) is 44.2 Å². The summed E-state index contributed by atoms with van der Waals surface area (Å²) in [6.07, 6.45) is 0. The van der Waals surface area contributed by atoms with E-state index in [-0.39, 0.29) is 12.2 Å². The molecule has 0 saturated heterocycles. The van der Waals surface area contributed by atoms with Crippen LogP contribution < -0.4 is 10.1 Å². The van der Waals surface area contributed by atoms with Gasteiger partial charge in [0.15, 0.2) is 6.61 Å². The number of rotatable bonds is 8. The summed E-state index contributed by atoms with van der Waals surface area (Å²) < 4.78 is 15.9. The molecular weight excluding hydrogens is 430 g/mol. The molecule has 7 nitrogen and oxygen atoms in total. The van der Waals surface area contributed by atoms with E-state index < -0.39 is 24.5 Å². The lowest BCUT2D eigenvalue weighted by Crippen LogP contribution is -2.21. The molecular formula is C24H23NO6S. The minimum atomic E-state index is -0.664. The van der Waals surface area contributed by atoms with Gasteiger partial charge in [0.2, 0.25) is 0 Å². The van der Waals surface area contributed by atoms with Crippen LogP contribution >= 0.6 is 11.3 Å². The third-order valence-electron chi connectivity index (χ3n) is 4.50. The predicted molar refractivity (Wildman–Crippen MR) is 122 cm³/mol. The number of esters is 2. The summed E-state index contributed by atoms with van der Waals surface area (Å²) in [6.45, 7) is 5.08. The molecule has 1 heterocycles. The largest absolute Gasteiger partial charge is 0.462 e. The van der Waals surface area contributed by atoms with Gasteiger partial charge in [0.25, 0.3) is 5.91 Å². The van der Waals surface area contributed by atoms with Crippen LogP contribution in [0.1, 0.15) is 38.1 Å². The third-order valence-corrected chi connectivity index (χ3v) is 5.62. The van der Waals surface area contributed by atoms with Crippen molar-refractivity contribution in [2.45, 2.75) is 20.8 Å². The Labute approximate surface area is 189 Å². The third kappa shape index (κ3) is 5.73. The first-order valence-corrected chi connectivity index (χ1v) is 10.8. The van der Waals surface area contributed by atoms with Crippen molar-refractivity contribution < 1.29 is 28.6 Å². The van der Waals surface area contributed by atoms with Gasteiger partial charge in [0.05, 0.1) is 17.7 Å². The van der Waals surface area contributed by atoms with Gasteiger partial charge in [-0.3, -0.25) is 4.79 Å². The van der Waals surface area contributed by atoms with Gasteiger partial charge in [0.1, 0.15) is 16.5 Å². The fraction of sp³-hybridized carbons (Fsp3) is 0.208. The number of hydrogen-bond acceptors (Lipinski definition) is 7. The summed E-state index contributed by atoms with van der Waals surface area (Å²) in [5.41, 5.74) is 1.32. The second-order valence-electron chi connectivity index (χ2n) is 6.78. The summed E-state index contributed by atoms with van der Waals surface area (Å²) in [4.78, 5) is 37.9. The van der Waals surface area contributed by atoms with Crippen LogP contribution in [0.2, 0.25) is 0 Å². The maximum atomic E-state index is 12.4. The van der Waals surface area contributed by atoms with E-state index in [2.05, 4.69) is 5.32 Å². The van der Waals surface area contributed by atoms with Crippen LogP contribution in [0.15, 0.2) is 54.6 Å². The normalized spacial score (nSPS) is 10.3. The van der Waals surface area contributed by atoms with Crippen LogP contribution in [0, 0.1) is 13.8 Å². The Morgan fingerprint density at radius 2 is 1.62 bits per heavy atom. The number of para-hydroxylation sites is 1. The van der Waals surface area contributed by atoms with E-state index in [1.807, 2.05) is 25.1 Å². The molecule has 166 valence electrons. The van der Waals surface area contributed by atoms with Crippen molar-refractivity contribution in [2.24, 2.45) is 0 Å². The summed E-state index contributed by atoms with van der Waals surface area (Å²) in [5, 5.41) is 3.01. The average Bonchev–Trinajstić information content (AvgIpc) is 3.06. The molecule has 0 radical (unpaired) electrons. The van der Waals surface area contributed by atoms with Crippen molar-refractivity contribution in [1.82, 2.24) is 0 Å². The maximum Gasteiger partial charge on any atom is 0.341 e. The molecule has 0 spiro atoms. The number of hydrogen-bond donors (Lipinski definition) is 1. The molecule has 0 saturated carbocycles. The quantitative estimate of drug-likeness (QED) is 0.476. The monoisotopic (exact) mass is 453 g/mol. The molecule has 0 aliphatic rings. The summed E-state index contributed by atoms with van der Waals surface area (Å²) in [5.74, 6) is -0.614. The lowest BCUT2D eigenvalue weighted by Gasteiger charge is -2.09. The Kier molecular flexibility index (Phi) is 7.62. The molecule has 32 heavy (non-hydrogen) atoms. The zero-order valence-corrected chi connectivity index (χ0v) is 18.8. The Morgan fingerprint density at radius 1 is 0.906 bits per heavy atom. The fourth-order valence-corrected chi connectivity index (χ4v) is 3.92. The van der Waals surface area contributed by atoms with Gasteiger partial charge in [-0.05, 0) is 56.7 Å². The highest BCUT2D eigenvalue weighted by molar-refractivity contribution is 7.16. The summed E-state index contributed by atoms with van der Waals surface area (Å²) >= 11 is 1.27. The molecule has 8 heteroatoms. The van der Waals surface area contributed by atoms with Crippen LogP contribution in [0.5, 0.6) is 11.5 Å². The van der Waals surface area contributed by atoms with Gasteiger partial charge in [-0.15, -0.1) is 11.3 Å². The van der Waals surface area contributed by atoms with Crippen molar-refractivity contribution in [3.8, 4) is 11.5 Å². The molecule has 0 aliphatic carbocycles. The first-order chi connectivity index (χ1) is 15.4. The molecule has 0 fully saturated rings. The number of carbonyl (C=O) groups excluding carboxylic acids is 3. The van der Waals surface area contributed by atoms with Gasteiger partial charge < -0.3 is 19.5 Å². The molecule has 0 atom stereocenters. The molecule has 0 aliphatic heterocycles. The second kappa shape index (κ2) is 10.6. The topological polar surface area (TPSA) is 90.9 Å². The Hall–Kier alpha value is -3.65. The number of amides is 1. The zero-order valence-electron chi connectivity index (χ0n) is 18.0. The van der Waals surface area contributed by atoms with Crippen LogP contribution in [0.3, 0.4) is 0 Å². The highest BCUT2D eigenvalue weighted by atomic mass is 32.1. The molecule has 1 N–H and O–H groups in total. The molecule has 1 aromatic heterocycles. The van der Waals surface area contributed by atoms with Gasteiger partial charge in [-0.2, -0.15) is 0 Å². The SMILES string of the molecule is CCOC(=O)c1c(NC(=O)COC(=O)c2cccc(Oc3ccccc3)c2)sc(C)c1C. The van der Waals surface area contributed by atoms with E-state index >= 15 is 0 Å². The Balaban J connectivity index is 1.61. The van der Waals surface area contributed by atoms with Crippen molar-refractivity contribution in [2.75, 3.05) is 18.5 Å². The van der Waals surface area contributed by atoms with Crippen molar-refractivity contribution in [3.05, 3.63) is 76.2 Å². The van der Waals surface area contributed by atoms with Gasteiger partial charge in [-0.1, -0.05) is 24.3 Å². The van der Waals surface area contributed by atoms with Crippen molar-refractivity contribution in [3.63, 3.8) is 0 Å². The highest BCUT2D eigenvalue weighted by Crippen LogP contribution is 2.33. The van der Waals surface area contributed by atoms with Crippen molar-refractivity contribution in [1.29, 1.82) is 0 Å². The molecule has 3 aromatic rings. The number of nitrogens with one attached hydrogen (secondary N) is 1. The van der Waals surface area contributed by atoms with Crippen molar-refractivity contribution >= 4 is 34.2 Å². The Morgan fingerprint density at radius 3 is 2.34 bits per heavy atom. The Bertz CT molecular complexity index is 1120. The predicted octanol–water partition coefficient (Wildman–Crippen LogP) is 5.13. The highest BCUT2D eigenvalue weighted by Gasteiger charge is 2.22.